The number of rotatable bonds is 6. The van der Waals surface area contributed by atoms with Crippen molar-refractivity contribution < 1.29 is 19.1 Å². The zero-order chi connectivity index (χ0) is 23.5. The Labute approximate surface area is 190 Å². The Bertz CT molecular complexity index is 932. The topological polar surface area (TPSA) is 91.9 Å². The van der Waals surface area contributed by atoms with Gasteiger partial charge in [0.15, 0.2) is 0 Å². The van der Waals surface area contributed by atoms with Crippen LogP contribution in [0.15, 0.2) is 42.0 Å². The van der Waals surface area contributed by atoms with Crippen LogP contribution in [-0.2, 0) is 16.0 Å². The smallest absolute Gasteiger partial charge is 0.408 e. The quantitative estimate of drug-likeness (QED) is 0.624. The molecule has 3 rings (SSSR count). The molecule has 0 aliphatic carbocycles. The summed E-state index contributed by atoms with van der Waals surface area (Å²) in [5.41, 5.74) is 3.17. The minimum absolute atomic E-state index is 0.209. The average Bonchev–Trinajstić information content (AvgIpc) is 3.10. The summed E-state index contributed by atoms with van der Waals surface area (Å²) in [4.78, 5) is 27.6. The molecule has 174 valence electrons. The molecule has 0 bridgehead atoms. The Morgan fingerprint density at radius 1 is 1.28 bits per heavy atom. The van der Waals surface area contributed by atoms with Crippen LogP contribution < -0.4 is 25.6 Å². The molecule has 0 fully saturated rings. The van der Waals surface area contributed by atoms with Gasteiger partial charge < -0.3 is 30.3 Å². The molecule has 0 radical (unpaired) electrons. The highest BCUT2D eigenvalue weighted by molar-refractivity contribution is 6.01. The van der Waals surface area contributed by atoms with Gasteiger partial charge in [-0.3, -0.25) is 4.79 Å². The molecular formula is C24H34N4O4. The summed E-state index contributed by atoms with van der Waals surface area (Å²) in [5, 5.41) is 9.36. The van der Waals surface area contributed by atoms with Gasteiger partial charge in [-0.05, 0) is 57.9 Å². The first-order valence-electron chi connectivity index (χ1n) is 11.0. The fourth-order valence-electron chi connectivity index (χ4n) is 3.90. The van der Waals surface area contributed by atoms with Gasteiger partial charge in [-0.2, -0.15) is 0 Å². The summed E-state index contributed by atoms with van der Waals surface area (Å²) >= 11 is 0. The summed E-state index contributed by atoms with van der Waals surface area (Å²) < 4.78 is 10.7. The molecule has 1 aromatic rings. The van der Waals surface area contributed by atoms with Crippen LogP contribution >= 0.6 is 0 Å². The lowest BCUT2D eigenvalue weighted by atomic mass is 10.1. The Kier molecular flexibility index (Phi) is 7.01. The van der Waals surface area contributed by atoms with E-state index in [2.05, 4.69) is 22.9 Å². The highest BCUT2D eigenvalue weighted by Crippen LogP contribution is 2.37. The maximum absolute atomic E-state index is 13.6. The zero-order valence-corrected chi connectivity index (χ0v) is 19.7. The summed E-state index contributed by atoms with van der Waals surface area (Å²) in [6.45, 7) is 9.16. The second-order valence-corrected chi connectivity index (χ2v) is 9.10. The van der Waals surface area contributed by atoms with Crippen molar-refractivity contribution in [2.45, 2.75) is 71.6 Å². The van der Waals surface area contributed by atoms with E-state index in [1.165, 1.54) is 0 Å². The van der Waals surface area contributed by atoms with E-state index in [-0.39, 0.29) is 11.9 Å². The van der Waals surface area contributed by atoms with Gasteiger partial charge in [0, 0.05) is 30.2 Å². The minimum Gasteiger partial charge on any atom is -0.497 e. The van der Waals surface area contributed by atoms with E-state index >= 15 is 0 Å². The second kappa shape index (κ2) is 9.54. The van der Waals surface area contributed by atoms with Crippen LogP contribution in [0.2, 0.25) is 0 Å². The maximum atomic E-state index is 13.6. The monoisotopic (exact) mass is 442 g/mol. The normalized spacial score (nSPS) is 18.4. The third kappa shape index (κ3) is 5.36. The number of benzene rings is 1. The van der Waals surface area contributed by atoms with Crippen molar-refractivity contribution in [1.82, 2.24) is 16.0 Å². The Morgan fingerprint density at radius 3 is 2.69 bits per heavy atom. The Balaban J connectivity index is 1.86. The molecule has 0 saturated carbocycles. The maximum Gasteiger partial charge on any atom is 0.408 e. The zero-order valence-electron chi connectivity index (χ0n) is 19.7. The largest absolute Gasteiger partial charge is 0.497 e. The van der Waals surface area contributed by atoms with E-state index in [4.69, 9.17) is 9.47 Å². The first-order valence-corrected chi connectivity index (χ1v) is 11.0. The number of allylic oxidation sites excluding steroid dienone is 1. The molecule has 0 spiro atoms. The number of alkyl carbamates (subject to hydrolysis) is 1. The van der Waals surface area contributed by atoms with Crippen LogP contribution in [0.3, 0.4) is 0 Å². The SMILES string of the molecule is CCCC1=CNC=C(C2Cc3cc(OC)ccc3N2C(=O)C(C)NC(=O)OC(C)(C)C)N1. The molecule has 2 atom stereocenters. The summed E-state index contributed by atoms with van der Waals surface area (Å²) in [6.07, 6.45) is 5.76. The van der Waals surface area contributed by atoms with Crippen molar-refractivity contribution in [3.8, 4) is 5.75 Å². The number of hydrogen-bond donors (Lipinski definition) is 3. The molecule has 0 aromatic heterocycles. The van der Waals surface area contributed by atoms with Gasteiger partial charge in [0.1, 0.15) is 17.4 Å². The van der Waals surface area contributed by atoms with E-state index in [0.29, 0.717) is 6.42 Å². The number of nitrogens with one attached hydrogen (secondary N) is 3. The van der Waals surface area contributed by atoms with Gasteiger partial charge in [0.25, 0.3) is 0 Å². The van der Waals surface area contributed by atoms with Gasteiger partial charge >= 0.3 is 6.09 Å². The van der Waals surface area contributed by atoms with Gasteiger partial charge in [-0.15, -0.1) is 0 Å². The number of nitrogens with zero attached hydrogens (tertiary/aromatic N) is 1. The van der Waals surface area contributed by atoms with Crippen LogP contribution in [0.25, 0.3) is 0 Å². The molecule has 2 heterocycles. The third-order valence-electron chi connectivity index (χ3n) is 5.29. The molecular weight excluding hydrogens is 408 g/mol. The molecule has 2 unspecified atom stereocenters. The number of amides is 2. The van der Waals surface area contributed by atoms with E-state index in [1.807, 2.05) is 30.6 Å². The molecule has 2 aliphatic heterocycles. The number of carbonyl (C=O) groups excluding carboxylic acids is 2. The van der Waals surface area contributed by atoms with E-state index in [9.17, 15) is 9.59 Å². The molecule has 8 heteroatoms. The third-order valence-corrected chi connectivity index (χ3v) is 5.29. The van der Waals surface area contributed by atoms with Crippen LogP contribution in [0.5, 0.6) is 5.75 Å². The van der Waals surface area contributed by atoms with Crippen molar-refractivity contribution >= 4 is 17.7 Å². The van der Waals surface area contributed by atoms with Crippen LogP contribution in [0, 0.1) is 0 Å². The van der Waals surface area contributed by atoms with Crippen molar-refractivity contribution in [2.24, 2.45) is 0 Å². The fourth-order valence-corrected chi connectivity index (χ4v) is 3.90. The van der Waals surface area contributed by atoms with E-state index in [0.717, 1.165) is 41.2 Å². The second-order valence-electron chi connectivity index (χ2n) is 9.10. The van der Waals surface area contributed by atoms with Crippen molar-refractivity contribution in [3.63, 3.8) is 0 Å². The van der Waals surface area contributed by atoms with E-state index in [1.54, 1.807) is 39.7 Å². The Hall–Kier alpha value is -3.16. The number of carbonyl (C=O) groups is 2. The fraction of sp³-hybridized carbons (Fsp3) is 0.500. The van der Waals surface area contributed by atoms with Crippen LogP contribution in [-0.4, -0.2) is 36.8 Å². The summed E-state index contributed by atoms with van der Waals surface area (Å²) in [7, 11) is 1.63. The lowest BCUT2D eigenvalue weighted by Gasteiger charge is -2.32. The van der Waals surface area contributed by atoms with Crippen LogP contribution in [0.1, 0.15) is 53.0 Å². The number of hydrogen-bond acceptors (Lipinski definition) is 6. The van der Waals surface area contributed by atoms with Crippen molar-refractivity contribution in [1.29, 1.82) is 0 Å². The molecule has 32 heavy (non-hydrogen) atoms. The summed E-state index contributed by atoms with van der Waals surface area (Å²) in [5.74, 6) is 0.533. The molecule has 1 aromatic carbocycles. The first-order chi connectivity index (χ1) is 15.1. The number of methoxy groups -OCH3 is 1. The highest BCUT2D eigenvalue weighted by Gasteiger charge is 2.39. The molecule has 2 aliphatic rings. The van der Waals surface area contributed by atoms with Gasteiger partial charge in [0.05, 0.1) is 18.8 Å². The molecule has 3 N–H and O–H groups in total. The molecule has 0 saturated heterocycles. The van der Waals surface area contributed by atoms with Gasteiger partial charge in [-0.25, -0.2) is 4.79 Å². The van der Waals surface area contributed by atoms with E-state index < -0.39 is 17.7 Å². The molecule has 2 amide bonds. The predicted molar refractivity (Wildman–Crippen MR) is 124 cm³/mol. The Morgan fingerprint density at radius 2 is 2.03 bits per heavy atom. The highest BCUT2D eigenvalue weighted by atomic mass is 16.6. The molecule has 8 nitrogen and oxygen atoms in total. The van der Waals surface area contributed by atoms with Crippen LogP contribution in [0.4, 0.5) is 10.5 Å². The number of anilines is 1. The standard InChI is InChI=1S/C24H34N4O4/c1-7-8-17-13-25-14-19(27-17)21-12-16-11-18(31-6)9-10-20(16)28(21)22(29)15(2)26-23(30)32-24(3,4)5/h9-11,13-15,21,25,27H,7-8,12H2,1-6H3,(H,26,30). The number of ether oxygens (including phenoxy) is 2. The minimum atomic E-state index is -0.761. The van der Waals surface area contributed by atoms with Gasteiger partial charge in [0.2, 0.25) is 5.91 Å². The lowest BCUT2D eigenvalue weighted by molar-refractivity contribution is -0.120. The van der Waals surface area contributed by atoms with Crippen molar-refractivity contribution in [2.75, 3.05) is 12.0 Å². The van der Waals surface area contributed by atoms with Crippen molar-refractivity contribution in [3.05, 3.63) is 47.6 Å². The van der Waals surface area contributed by atoms with Gasteiger partial charge in [-0.1, -0.05) is 13.3 Å². The number of fused-ring (bicyclic) bond motifs is 1. The average molecular weight is 443 g/mol. The lowest BCUT2D eigenvalue weighted by Crippen LogP contribution is -2.52. The summed E-state index contributed by atoms with van der Waals surface area (Å²) in [6, 6.07) is 4.70. The first kappa shape index (κ1) is 23.5. The predicted octanol–water partition coefficient (Wildman–Crippen LogP) is 3.54.